The number of benzene rings is 3. The zero-order valence-corrected chi connectivity index (χ0v) is 21.0. The van der Waals surface area contributed by atoms with Gasteiger partial charge < -0.3 is 10.2 Å². The van der Waals surface area contributed by atoms with E-state index in [0.717, 1.165) is 24.8 Å². The van der Waals surface area contributed by atoms with Crippen LogP contribution in [-0.4, -0.2) is 35.2 Å². The van der Waals surface area contributed by atoms with E-state index in [1.54, 1.807) is 0 Å². The van der Waals surface area contributed by atoms with Crippen molar-refractivity contribution in [3.05, 3.63) is 83.4 Å². The van der Waals surface area contributed by atoms with Crippen LogP contribution in [0.3, 0.4) is 0 Å². The second-order valence-corrected chi connectivity index (χ2v) is 10.5. The third-order valence-corrected chi connectivity index (χ3v) is 8.25. The molecule has 0 spiro atoms. The van der Waals surface area contributed by atoms with Crippen LogP contribution in [0.2, 0.25) is 0 Å². The number of carbonyl (C=O) groups excluding carboxylic acids is 2. The van der Waals surface area contributed by atoms with E-state index in [-0.39, 0.29) is 17.1 Å². The monoisotopic (exact) mass is 488 g/mol. The molecule has 182 valence electrons. The van der Waals surface area contributed by atoms with Crippen molar-refractivity contribution in [3.8, 4) is 0 Å². The highest BCUT2D eigenvalue weighted by molar-refractivity contribution is 6.64. The molecule has 1 N–H and O–H groups in total. The lowest BCUT2D eigenvalue weighted by atomic mass is 9.95. The minimum Gasteiger partial charge on any atom is -0.339 e. The zero-order chi connectivity index (χ0) is 24.4. The lowest BCUT2D eigenvalue weighted by Crippen LogP contribution is -2.39. The van der Waals surface area contributed by atoms with Crippen LogP contribution in [0, 0.1) is 5.92 Å². The van der Waals surface area contributed by atoms with Gasteiger partial charge in [0.05, 0.1) is 0 Å². The van der Waals surface area contributed by atoms with Crippen LogP contribution in [0.25, 0.3) is 10.8 Å². The molecule has 2 aliphatic rings. The molecule has 0 aromatic heterocycles. The van der Waals surface area contributed by atoms with Gasteiger partial charge in [-0.05, 0) is 90.6 Å². The summed E-state index contributed by atoms with van der Waals surface area (Å²) >= 11 is 5.63. The van der Waals surface area contributed by atoms with E-state index in [9.17, 15) is 9.59 Å². The minimum absolute atomic E-state index is 0.0481. The van der Waals surface area contributed by atoms with Gasteiger partial charge in [0.15, 0.2) is 0 Å². The number of likely N-dealkylation sites (tertiary alicyclic amines) is 1. The number of hydrogen-bond donors (Lipinski definition) is 1. The lowest BCUT2D eigenvalue weighted by Gasteiger charge is -2.30. The van der Waals surface area contributed by atoms with Crippen molar-refractivity contribution in [3.63, 3.8) is 0 Å². The highest BCUT2D eigenvalue weighted by Gasteiger charge is 2.29. The molecule has 3 atom stereocenters. The predicted octanol–water partition coefficient (Wildman–Crippen LogP) is 6.44. The molecule has 0 radical (unpaired) electrons. The van der Waals surface area contributed by atoms with Gasteiger partial charge in [0.2, 0.25) is 5.24 Å². The van der Waals surface area contributed by atoms with Gasteiger partial charge >= 0.3 is 0 Å². The van der Waals surface area contributed by atoms with Crippen molar-refractivity contribution in [2.45, 2.75) is 57.0 Å². The fraction of sp³-hybridized carbons (Fsp3) is 0.400. The molecule has 1 amide bonds. The van der Waals surface area contributed by atoms with Crippen LogP contribution in [0.5, 0.6) is 0 Å². The number of amides is 1. The average molecular weight is 489 g/mol. The van der Waals surface area contributed by atoms with Gasteiger partial charge in [-0.15, -0.1) is 0 Å². The van der Waals surface area contributed by atoms with E-state index in [2.05, 4.69) is 66.8 Å². The molecule has 1 aliphatic heterocycles. The number of hydrogen-bond acceptors (Lipinski definition) is 3. The number of nitrogens with zero attached hydrogens (tertiary/aromatic N) is 1. The van der Waals surface area contributed by atoms with Gasteiger partial charge in [0, 0.05) is 36.7 Å². The molecule has 0 bridgehead atoms. The summed E-state index contributed by atoms with van der Waals surface area (Å²) in [7, 11) is 0. The molecule has 3 aromatic rings. The average Bonchev–Trinajstić information content (AvgIpc) is 3.36. The van der Waals surface area contributed by atoms with Gasteiger partial charge in [-0.2, -0.15) is 0 Å². The fourth-order valence-corrected chi connectivity index (χ4v) is 6.12. The topological polar surface area (TPSA) is 49.4 Å². The third kappa shape index (κ3) is 5.29. The van der Waals surface area contributed by atoms with Gasteiger partial charge in [0.25, 0.3) is 5.91 Å². The molecule has 3 aromatic carbocycles. The number of nitrogens with one attached hydrogen (secondary N) is 1. The van der Waals surface area contributed by atoms with Crippen LogP contribution in [-0.2, 0) is 4.79 Å². The highest BCUT2D eigenvalue weighted by atomic mass is 35.5. The molecule has 35 heavy (non-hydrogen) atoms. The Bertz CT molecular complexity index is 1200. The predicted molar refractivity (Wildman–Crippen MR) is 142 cm³/mol. The first-order chi connectivity index (χ1) is 17.0. The zero-order valence-electron chi connectivity index (χ0n) is 20.3. The van der Waals surface area contributed by atoms with Crippen molar-refractivity contribution in [2.24, 2.45) is 5.92 Å². The smallest absolute Gasteiger partial charge is 0.253 e. The van der Waals surface area contributed by atoms with Crippen molar-refractivity contribution < 1.29 is 9.59 Å². The quantitative estimate of drug-likeness (QED) is 0.406. The number of fused-ring (bicyclic) bond motifs is 1. The molecule has 1 heterocycles. The van der Waals surface area contributed by atoms with Crippen LogP contribution in [0.4, 0.5) is 0 Å². The summed E-state index contributed by atoms with van der Waals surface area (Å²) < 4.78 is 0. The SMILES string of the molecule is C[C@@H](NC1CCC(c2ccc(C(=O)N3CCC(C(=O)Cl)CC3)cc2)C1)c1cccc2ccccc12. The summed E-state index contributed by atoms with van der Waals surface area (Å²) in [4.78, 5) is 26.1. The van der Waals surface area contributed by atoms with Gasteiger partial charge in [-0.1, -0.05) is 54.6 Å². The van der Waals surface area contributed by atoms with Crippen LogP contribution >= 0.6 is 11.6 Å². The number of carbonyl (C=O) groups is 2. The Morgan fingerprint density at radius 2 is 1.63 bits per heavy atom. The van der Waals surface area contributed by atoms with Crippen molar-refractivity contribution in [2.75, 3.05) is 13.1 Å². The van der Waals surface area contributed by atoms with Gasteiger partial charge in [-0.25, -0.2) is 0 Å². The second-order valence-electron chi connectivity index (χ2n) is 10.2. The third-order valence-electron chi connectivity index (χ3n) is 7.94. The van der Waals surface area contributed by atoms with Crippen molar-refractivity contribution in [1.82, 2.24) is 10.2 Å². The Morgan fingerprint density at radius 1 is 0.914 bits per heavy atom. The number of rotatable bonds is 6. The highest BCUT2D eigenvalue weighted by Crippen LogP contribution is 2.36. The Kier molecular flexibility index (Phi) is 7.22. The molecular weight excluding hydrogens is 456 g/mol. The standard InChI is InChI=1S/C30H33ClN2O2/c1-20(27-8-4-6-22-5-2-3-7-28(22)27)32-26-14-13-25(19-26)21-9-11-24(12-10-21)30(35)33-17-15-23(16-18-33)29(31)34/h2-12,20,23,25-26,32H,13-19H2,1H3/t20-,25?,26?/m1/s1. The Labute approximate surface area is 212 Å². The molecule has 1 saturated carbocycles. The largest absolute Gasteiger partial charge is 0.339 e. The molecule has 2 fully saturated rings. The van der Waals surface area contributed by atoms with E-state index in [1.807, 2.05) is 17.0 Å². The fourth-order valence-electron chi connectivity index (χ4n) is 5.90. The van der Waals surface area contributed by atoms with E-state index in [4.69, 9.17) is 11.6 Å². The molecule has 2 unspecified atom stereocenters. The number of halogens is 1. The van der Waals surface area contributed by atoms with E-state index in [1.165, 1.54) is 21.9 Å². The maximum absolute atomic E-state index is 12.9. The molecule has 5 heteroatoms. The Balaban J connectivity index is 1.18. The van der Waals surface area contributed by atoms with E-state index in [0.29, 0.717) is 43.9 Å². The van der Waals surface area contributed by atoms with Crippen molar-refractivity contribution >= 4 is 33.5 Å². The van der Waals surface area contributed by atoms with Gasteiger partial charge in [0.1, 0.15) is 0 Å². The van der Waals surface area contributed by atoms with E-state index >= 15 is 0 Å². The van der Waals surface area contributed by atoms with Crippen LogP contribution < -0.4 is 5.32 Å². The Hall–Kier alpha value is -2.69. The van der Waals surface area contributed by atoms with Crippen molar-refractivity contribution in [1.29, 1.82) is 0 Å². The van der Waals surface area contributed by atoms with Crippen LogP contribution in [0.15, 0.2) is 66.7 Å². The normalized spacial score (nSPS) is 21.8. The summed E-state index contributed by atoms with van der Waals surface area (Å²) in [5.41, 5.74) is 3.39. The molecule has 4 nitrogen and oxygen atoms in total. The molecule has 1 aliphatic carbocycles. The molecular formula is C30H33ClN2O2. The lowest BCUT2D eigenvalue weighted by molar-refractivity contribution is -0.116. The minimum atomic E-state index is -0.280. The summed E-state index contributed by atoms with van der Waals surface area (Å²) in [6.45, 7) is 3.45. The first kappa shape index (κ1) is 24.0. The maximum Gasteiger partial charge on any atom is 0.253 e. The first-order valence-corrected chi connectivity index (χ1v) is 13.2. The second kappa shape index (κ2) is 10.5. The summed E-state index contributed by atoms with van der Waals surface area (Å²) in [5, 5.41) is 6.21. The molecule has 1 saturated heterocycles. The number of piperidine rings is 1. The Morgan fingerprint density at radius 3 is 2.37 bits per heavy atom. The summed E-state index contributed by atoms with van der Waals surface area (Å²) in [5.74, 6) is 0.448. The maximum atomic E-state index is 12.9. The summed E-state index contributed by atoms with van der Waals surface area (Å²) in [6.07, 6.45) is 4.74. The summed E-state index contributed by atoms with van der Waals surface area (Å²) in [6, 6.07) is 24.1. The first-order valence-electron chi connectivity index (χ1n) is 12.8. The molecule has 5 rings (SSSR count). The van der Waals surface area contributed by atoms with Crippen LogP contribution in [0.1, 0.15) is 72.5 Å². The van der Waals surface area contributed by atoms with Gasteiger partial charge in [-0.3, -0.25) is 9.59 Å². The van der Waals surface area contributed by atoms with E-state index < -0.39 is 0 Å².